The summed E-state index contributed by atoms with van der Waals surface area (Å²) >= 11 is 1.68. The number of nitrogens with two attached hydrogens (primary N) is 2. The van der Waals surface area contributed by atoms with Crippen molar-refractivity contribution in [2.24, 2.45) is 0 Å². The van der Waals surface area contributed by atoms with Gasteiger partial charge in [0.05, 0.1) is 0 Å². The molecule has 3 rings (SSSR count). The molecule has 0 radical (unpaired) electrons. The van der Waals surface area contributed by atoms with Crippen LogP contribution >= 0.6 is 11.3 Å². The molecule has 4 heteroatoms. The van der Waals surface area contributed by atoms with Crippen LogP contribution in [-0.4, -0.2) is 0 Å². The molecule has 1 aromatic heterocycles. The normalized spacial score (nSPS) is 10.7. The second-order valence-electron chi connectivity index (χ2n) is 5.89. The van der Waals surface area contributed by atoms with Crippen LogP contribution < -0.4 is 16.8 Å². The van der Waals surface area contributed by atoms with Crippen LogP contribution in [0.3, 0.4) is 0 Å². The Morgan fingerprint density at radius 1 is 0.913 bits per heavy atom. The molecule has 0 aliphatic rings. The summed E-state index contributed by atoms with van der Waals surface area (Å²) in [6.07, 6.45) is 0. The van der Waals surface area contributed by atoms with Crippen LogP contribution in [0.2, 0.25) is 0 Å². The molecular formula is C19H21N3S. The topological polar surface area (TPSA) is 64.1 Å². The highest BCUT2D eigenvalue weighted by Gasteiger charge is 2.10. The molecule has 3 aromatic rings. The van der Waals surface area contributed by atoms with E-state index in [-0.39, 0.29) is 0 Å². The third-order valence-corrected chi connectivity index (χ3v) is 4.61. The van der Waals surface area contributed by atoms with E-state index < -0.39 is 0 Å². The van der Waals surface area contributed by atoms with Crippen LogP contribution in [0, 0.1) is 13.8 Å². The van der Waals surface area contributed by atoms with Crippen molar-refractivity contribution in [2.75, 3.05) is 16.8 Å². The average molecular weight is 323 g/mol. The first kappa shape index (κ1) is 15.4. The molecule has 0 saturated carbocycles. The molecule has 0 unspecified atom stereocenters. The van der Waals surface area contributed by atoms with Crippen molar-refractivity contribution in [1.29, 1.82) is 0 Å². The highest BCUT2D eigenvalue weighted by molar-refractivity contribution is 7.08. The van der Waals surface area contributed by atoms with E-state index in [1.165, 1.54) is 16.7 Å². The van der Waals surface area contributed by atoms with Crippen molar-refractivity contribution < 1.29 is 0 Å². The molecular weight excluding hydrogens is 302 g/mol. The molecule has 0 amide bonds. The number of aryl methyl sites for hydroxylation is 2. The minimum Gasteiger partial charge on any atom is -0.399 e. The van der Waals surface area contributed by atoms with E-state index in [1.54, 1.807) is 11.3 Å². The maximum Gasteiger partial charge on any atom is 0.0415 e. The number of hydrogen-bond donors (Lipinski definition) is 3. The number of anilines is 3. The van der Waals surface area contributed by atoms with E-state index >= 15 is 0 Å². The Morgan fingerprint density at radius 2 is 1.65 bits per heavy atom. The number of thiophene rings is 1. The predicted octanol–water partition coefficient (Wildman–Crippen LogP) is 4.81. The molecule has 0 bridgehead atoms. The van der Waals surface area contributed by atoms with Gasteiger partial charge in [-0.15, -0.1) is 0 Å². The van der Waals surface area contributed by atoms with Gasteiger partial charge in [-0.05, 0) is 77.2 Å². The van der Waals surface area contributed by atoms with E-state index in [2.05, 4.69) is 48.1 Å². The summed E-state index contributed by atoms with van der Waals surface area (Å²) in [5, 5.41) is 7.80. The van der Waals surface area contributed by atoms with Crippen LogP contribution in [0.15, 0.2) is 47.2 Å². The molecule has 5 N–H and O–H groups in total. The zero-order chi connectivity index (χ0) is 16.4. The second kappa shape index (κ2) is 6.34. The van der Waals surface area contributed by atoms with E-state index in [4.69, 9.17) is 11.5 Å². The van der Waals surface area contributed by atoms with Crippen molar-refractivity contribution in [1.82, 2.24) is 0 Å². The number of benzene rings is 2. The summed E-state index contributed by atoms with van der Waals surface area (Å²) in [7, 11) is 0. The molecule has 3 nitrogen and oxygen atoms in total. The van der Waals surface area contributed by atoms with Crippen molar-refractivity contribution in [3.8, 4) is 11.1 Å². The summed E-state index contributed by atoms with van der Waals surface area (Å²) in [6.45, 7) is 4.99. The SMILES string of the molecule is Cc1cc(C)cc(NCc2cscc2-c2cc(N)ccc2N)c1. The largest absolute Gasteiger partial charge is 0.399 e. The quantitative estimate of drug-likeness (QED) is 0.604. The molecule has 0 saturated heterocycles. The zero-order valence-electron chi connectivity index (χ0n) is 13.4. The number of nitrogens with one attached hydrogen (secondary N) is 1. The molecule has 0 atom stereocenters. The molecule has 0 fully saturated rings. The first-order valence-electron chi connectivity index (χ1n) is 7.55. The van der Waals surface area contributed by atoms with E-state index in [1.807, 2.05) is 18.2 Å². The Hall–Kier alpha value is -2.46. The molecule has 0 aliphatic carbocycles. The van der Waals surface area contributed by atoms with Crippen LogP contribution in [0.4, 0.5) is 17.1 Å². The Kier molecular flexibility index (Phi) is 4.26. The Labute approximate surface area is 141 Å². The first-order chi connectivity index (χ1) is 11.0. The standard InChI is InChI=1S/C19H21N3S/c1-12-5-13(2)7-16(6-12)22-9-14-10-23-11-18(14)17-8-15(20)3-4-19(17)21/h3-8,10-11,22H,9,20-21H2,1-2H3. The maximum atomic E-state index is 6.13. The van der Waals surface area contributed by atoms with Crippen LogP contribution in [0.1, 0.15) is 16.7 Å². The summed E-state index contributed by atoms with van der Waals surface area (Å²) in [6, 6.07) is 12.1. The first-order valence-corrected chi connectivity index (χ1v) is 8.50. The summed E-state index contributed by atoms with van der Waals surface area (Å²) in [5.74, 6) is 0. The fourth-order valence-electron chi connectivity index (χ4n) is 2.78. The van der Waals surface area contributed by atoms with Gasteiger partial charge in [-0.2, -0.15) is 11.3 Å². The number of nitrogen functional groups attached to an aromatic ring is 2. The van der Waals surface area contributed by atoms with Crippen molar-refractivity contribution >= 4 is 28.4 Å². The summed E-state index contributed by atoms with van der Waals surface area (Å²) in [4.78, 5) is 0. The van der Waals surface area contributed by atoms with Crippen molar-refractivity contribution in [3.63, 3.8) is 0 Å². The smallest absolute Gasteiger partial charge is 0.0415 e. The fourth-order valence-corrected chi connectivity index (χ4v) is 3.63. The highest BCUT2D eigenvalue weighted by atomic mass is 32.1. The minimum absolute atomic E-state index is 0.730. The van der Waals surface area contributed by atoms with Crippen molar-refractivity contribution in [3.05, 3.63) is 63.8 Å². The molecule has 2 aromatic carbocycles. The van der Waals surface area contributed by atoms with E-state index in [0.29, 0.717) is 0 Å². The zero-order valence-corrected chi connectivity index (χ0v) is 14.2. The van der Waals surface area contributed by atoms with Gasteiger partial charge in [0.2, 0.25) is 0 Å². The van der Waals surface area contributed by atoms with Gasteiger partial charge >= 0.3 is 0 Å². The molecule has 1 heterocycles. The number of rotatable bonds is 4. The van der Waals surface area contributed by atoms with Gasteiger partial charge < -0.3 is 16.8 Å². The summed E-state index contributed by atoms with van der Waals surface area (Å²) in [5.41, 5.74) is 20.6. The third-order valence-electron chi connectivity index (χ3n) is 3.81. The summed E-state index contributed by atoms with van der Waals surface area (Å²) < 4.78 is 0. The molecule has 23 heavy (non-hydrogen) atoms. The fraction of sp³-hybridized carbons (Fsp3) is 0.158. The van der Waals surface area contributed by atoms with Gasteiger partial charge in [-0.25, -0.2) is 0 Å². The van der Waals surface area contributed by atoms with E-state index in [9.17, 15) is 0 Å². The number of hydrogen-bond acceptors (Lipinski definition) is 4. The van der Waals surface area contributed by atoms with Crippen LogP contribution in [-0.2, 0) is 6.54 Å². The predicted molar refractivity (Wildman–Crippen MR) is 102 cm³/mol. The lowest BCUT2D eigenvalue weighted by atomic mass is 10.0. The van der Waals surface area contributed by atoms with Gasteiger partial charge in [0.15, 0.2) is 0 Å². The Balaban J connectivity index is 1.85. The second-order valence-corrected chi connectivity index (χ2v) is 6.63. The Bertz CT molecular complexity index is 816. The molecule has 118 valence electrons. The lowest BCUT2D eigenvalue weighted by Gasteiger charge is -2.11. The third kappa shape index (κ3) is 3.48. The lowest BCUT2D eigenvalue weighted by Crippen LogP contribution is -2.01. The van der Waals surface area contributed by atoms with Gasteiger partial charge in [0.25, 0.3) is 0 Å². The van der Waals surface area contributed by atoms with Gasteiger partial charge in [-0.3, -0.25) is 0 Å². The van der Waals surface area contributed by atoms with Crippen LogP contribution in [0.25, 0.3) is 11.1 Å². The van der Waals surface area contributed by atoms with E-state index in [0.717, 1.165) is 34.7 Å². The van der Waals surface area contributed by atoms with Gasteiger partial charge in [0.1, 0.15) is 0 Å². The lowest BCUT2D eigenvalue weighted by molar-refractivity contribution is 1.16. The Morgan fingerprint density at radius 3 is 2.39 bits per heavy atom. The monoisotopic (exact) mass is 323 g/mol. The maximum absolute atomic E-state index is 6.13. The molecule has 0 spiro atoms. The van der Waals surface area contributed by atoms with Gasteiger partial charge in [-0.1, -0.05) is 6.07 Å². The van der Waals surface area contributed by atoms with Crippen molar-refractivity contribution in [2.45, 2.75) is 20.4 Å². The average Bonchev–Trinajstić information content (AvgIpc) is 2.95. The van der Waals surface area contributed by atoms with Gasteiger partial charge in [0, 0.05) is 29.2 Å². The van der Waals surface area contributed by atoms with Crippen LogP contribution in [0.5, 0.6) is 0 Å². The highest BCUT2D eigenvalue weighted by Crippen LogP contribution is 2.33. The minimum atomic E-state index is 0.730. The molecule has 0 aliphatic heterocycles.